The van der Waals surface area contributed by atoms with E-state index < -0.39 is 11.8 Å². The average molecular weight is 360 g/mol. The Morgan fingerprint density at radius 2 is 1.96 bits per heavy atom. The van der Waals surface area contributed by atoms with Crippen LogP contribution in [0.4, 0.5) is 5.69 Å². The molecule has 3 rings (SSSR count). The van der Waals surface area contributed by atoms with Crippen LogP contribution in [0.1, 0.15) is 11.4 Å². The molecule has 1 saturated heterocycles. The highest BCUT2D eigenvalue weighted by Crippen LogP contribution is 2.24. The van der Waals surface area contributed by atoms with Crippen LogP contribution in [0.15, 0.2) is 42.0 Å². The van der Waals surface area contributed by atoms with E-state index in [1.807, 2.05) is 30.7 Å². The Morgan fingerprint density at radius 3 is 2.58 bits per heavy atom. The van der Waals surface area contributed by atoms with Crippen LogP contribution >= 0.6 is 23.8 Å². The summed E-state index contributed by atoms with van der Waals surface area (Å²) >= 11 is 11.1. The van der Waals surface area contributed by atoms with Crippen LogP contribution in [-0.2, 0) is 16.6 Å². The van der Waals surface area contributed by atoms with Crippen molar-refractivity contribution in [1.82, 2.24) is 9.88 Å². The predicted octanol–water partition coefficient (Wildman–Crippen LogP) is 2.82. The fourth-order valence-electron chi connectivity index (χ4n) is 2.43. The zero-order chi connectivity index (χ0) is 17.4. The number of hydrogen-bond donors (Lipinski definition) is 1. The van der Waals surface area contributed by atoms with Crippen LogP contribution in [0.3, 0.4) is 0 Å². The molecule has 5 nitrogen and oxygen atoms in total. The zero-order valence-electron chi connectivity index (χ0n) is 13.0. The van der Waals surface area contributed by atoms with Crippen molar-refractivity contribution in [3.63, 3.8) is 0 Å². The van der Waals surface area contributed by atoms with Crippen LogP contribution in [-0.4, -0.2) is 21.5 Å². The number of nitrogens with zero attached hydrogens (tertiary/aromatic N) is 2. The van der Waals surface area contributed by atoms with Crippen LogP contribution < -0.4 is 10.2 Å². The van der Waals surface area contributed by atoms with Crippen LogP contribution in [0, 0.1) is 6.92 Å². The van der Waals surface area contributed by atoms with Crippen molar-refractivity contribution < 1.29 is 9.59 Å². The highest BCUT2D eigenvalue weighted by Gasteiger charge is 2.34. The quantitative estimate of drug-likeness (QED) is 0.509. The molecule has 0 radical (unpaired) electrons. The maximum Gasteiger partial charge on any atom is 0.270 e. The van der Waals surface area contributed by atoms with E-state index in [2.05, 4.69) is 5.32 Å². The Morgan fingerprint density at radius 1 is 1.21 bits per heavy atom. The number of amides is 2. The molecule has 0 spiro atoms. The second kappa shape index (κ2) is 6.22. The number of thiocarbonyl (C=S) groups is 1. The molecule has 1 N–H and O–H groups in total. The van der Waals surface area contributed by atoms with Crippen LogP contribution in [0.25, 0.3) is 6.08 Å². The topological polar surface area (TPSA) is 54.3 Å². The Balaban J connectivity index is 2.05. The van der Waals surface area contributed by atoms with Crippen molar-refractivity contribution in [2.24, 2.45) is 7.05 Å². The SMILES string of the molecule is Cc1ccc(/C=C2\C(=O)NC(=S)N(c3cccc(Cl)c3)C2=O)n1C. The van der Waals surface area contributed by atoms with Gasteiger partial charge in [-0.05, 0) is 55.5 Å². The molecule has 1 aromatic carbocycles. The molecule has 24 heavy (non-hydrogen) atoms. The van der Waals surface area contributed by atoms with E-state index >= 15 is 0 Å². The van der Waals surface area contributed by atoms with Gasteiger partial charge in [0.1, 0.15) is 5.57 Å². The van der Waals surface area contributed by atoms with Gasteiger partial charge in [-0.1, -0.05) is 17.7 Å². The van der Waals surface area contributed by atoms with E-state index in [0.717, 1.165) is 11.4 Å². The van der Waals surface area contributed by atoms with Gasteiger partial charge >= 0.3 is 0 Å². The van der Waals surface area contributed by atoms with Gasteiger partial charge in [0.05, 0.1) is 5.69 Å². The van der Waals surface area contributed by atoms with Crippen molar-refractivity contribution in [2.75, 3.05) is 4.90 Å². The maximum atomic E-state index is 12.8. The largest absolute Gasteiger partial charge is 0.348 e. The molecule has 122 valence electrons. The molecule has 7 heteroatoms. The predicted molar refractivity (Wildman–Crippen MR) is 97.8 cm³/mol. The first-order valence-corrected chi connectivity index (χ1v) is 7.96. The molecule has 0 unspecified atom stereocenters. The molecule has 0 saturated carbocycles. The van der Waals surface area contributed by atoms with Crippen LogP contribution in [0.5, 0.6) is 0 Å². The van der Waals surface area contributed by atoms with Crippen molar-refractivity contribution in [3.8, 4) is 0 Å². The van der Waals surface area contributed by atoms with E-state index in [1.54, 1.807) is 30.3 Å². The summed E-state index contributed by atoms with van der Waals surface area (Å²) in [6.07, 6.45) is 1.56. The average Bonchev–Trinajstić information content (AvgIpc) is 2.83. The molecule has 2 amide bonds. The molecule has 1 fully saturated rings. The van der Waals surface area contributed by atoms with Gasteiger partial charge in [0.2, 0.25) is 0 Å². The summed E-state index contributed by atoms with van der Waals surface area (Å²) in [7, 11) is 1.87. The van der Waals surface area contributed by atoms with Gasteiger partial charge < -0.3 is 4.57 Å². The summed E-state index contributed by atoms with van der Waals surface area (Å²) < 4.78 is 1.89. The number of aromatic nitrogens is 1. The first kappa shape index (κ1) is 16.4. The van der Waals surface area contributed by atoms with Crippen molar-refractivity contribution >= 4 is 52.5 Å². The minimum Gasteiger partial charge on any atom is -0.348 e. The third-order valence-corrected chi connectivity index (χ3v) is 4.39. The van der Waals surface area contributed by atoms with Gasteiger partial charge in [-0.25, -0.2) is 0 Å². The van der Waals surface area contributed by atoms with Gasteiger partial charge in [-0.2, -0.15) is 0 Å². The summed E-state index contributed by atoms with van der Waals surface area (Å²) in [5.41, 5.74) is 2.30. The van der Waals surface area contributed by atoms with Gasteiger partial charge in [0, 0.05) is 23.5 Å². The van der Waals surface area contributed by atoms with E-state index in [4.69, 9.17) is 23.8 Å². The summed E-state index contributed by atoms with van der Waals surface area (Å²) in [6, 6.07) is 10.5. The Kier molecular flexibility index (Phi) is 4.26. The fraction of sp³-hybridized carbons (Fsp3) is 0.118. The van der Waals surface area contributed by atoms with Gasteiger partial charge in [0.15, 0.2) is 5.11 Å². The second-order valence-corrected chi connectivity index (χ2v) is 6.22. The molecule has 1 aromatic heterocycles. The Labute approximate surface area is 149 Å². The summed E-state index contributed by atoms with van der Waals surface area (Å²) in [4.78, 5) is 26.3. The maximum absolute atomic E-state index is 12.8. The molecule has 1 aliphatic heterocycles. The number of carbonyl (C=O) groups excluding carboxylic acids is 2. The number of benzene rings is 1. The summed E-state index contributed by atoms with van der Waals surface area (Å²) in [5.74, 6) is -0.994. The lowest BCUT2D eigenvalue weighted by molar-refractivity contribution is -0.122. The van der Waals surface area contributed by atoms with Crippen LogP contribution in [0.2, 0.25) is 5.02 Å². The first-order chi connectivity index (χ1) is 11.4. The standard InChI is InChI=1S/C17H14ClN3O2S/c1-10-6-7-12(20(10)2)9-14-15(22)19-17(24)21(16(14)23)13-5-3-4-11(18)8-13/h3-9H,1-2H3,(H,19,22,24)/b14-9+. The Hall–Kier alpha value is -2.44. The van der Waals surface area contributed by atoms with Gasteiger partial charge in [-0.15, -0.1) is 0 Å². The zero-order valence-corrected chi connectivity index (χ0v) is 14.6. The summed E-state index contributed by atoms with van der Waals surface area (Å²) in [5, 5.41) is 3.06. The highest BCUT2D eigenvalue weighted by molar-refractivity contribution is 7.80. The fourth-order valence-corrected chi connectivity index (χ4v) is 2.90. The van der Waals surface area contributed by atoms with Gasteiger partial charge in [0.25, 0.3) is 11.8 Å². The minimum atomic E-state index is -0.512. The third-order valence-electron chi connectivity index (χ3n) is 3.87. The van der Waals surface area contributed by atoms with E-state index in [9.17, 15) is 9.59 Å². The normalized spacial score (nSPS) is 16.7. The minimum absolute atomic E-state index is 0.0183. The number of nitrogens with one attached hydrogen (secondary N) is 1. The molecular formula is C17H14ClN3O2S. The van der Waals surface area contributed by atoms with Crippen molar-refractivity contribution in [2.45, 2.75) is 6.92 Å². The lowest BCUT2D eigenvalue weighted by Gasteiger charge is -2.29. The lowest BCUT2D eigenvalue weighted by Crippen LogP contribution is -2.54. The second-order valence-electron chi connectivity index (χ2n) is 5.40. The first-order valence-electron chi connectivity index (χ1n) is 7.18. The third kappa shape index (κ3) is 2.86. The molecule has 2 aromatic rings. The lowest BCUT2D eigenvalue weighted by atomic mass is 10.1. The molecule has 2 heterocycles. The molecule has 1 aliphatic rings. The van der Waals surface area contributed by atoms with Gasteiger partial charge in [-0.3, -0.25) is 19.8 Å². The molecule has 0 atom stereocenters. The number of carbonyl (C=O) groups is 2. The van der Waals surface area contributed by atoms with E-state index in [1.165, 1.54) is 4.90 Å². The molecule has 0 aliphatic carbocycles. The highest BCUT2D eigenvalue weighted by atomic mass is 35.5. The molecule has 0 bridgehead atoms. The van der Waals surface area contributed by atoms with E-state index in [-0.39, 0.29) is 10.7 Å². The monoisotopic (exact) mass is 359 g/mol. The Bertz CT molecular complexity index is 901. The number of anilines is 1. The summed E-state index contributed by atoms with van der Waals surface area (Å²) in [6.45, 7) is 1.94. The number of rotatable bonds is 2. The molecular weight excluding hydrogens is 346 g/mol. The number of hydrogen-bond acceptors (Lipinski definition) is 3. The smallest absolute Gasteiger partial charge is 0.270 e. The number of halogens is 1. The van der Waals surface area contributed by atoms with E-state index in [0.29, 0.717) is 10.7 Å². The van der Waals surface area contributed by atoms with Crippen molar-refractivity contribution in [3.05, 3.63) is 58.4 Å². The number of aryl methyl sites for hydroxylation is 1. The van der Waals surface area contributed by atoms with Crippen molar-refractivity contribution in [1.29, 1.82) is 0 Å².